The molecule has 0 bridgehead atoms. The van der Waals surface area contributed by atoms with Crippen molar-refractivity contribution >= 4 is 38.9 Å². The van der Waals surface area contributed by atoms with E-state index in [1.54, 1.807) is 11.3 Å². The molecular weight excluding hydrogens is 356 g/mol. The Morgan fingerprint density at radius 1 is 1.48 bits per heavy atom. The number of aromatic nitrogens is 2. The quantitative estimate of drug-likeness (QED) is 0.707. The van der Waals surface area contributed by atoms with Crippen molar-refractivity contribution < 1.29 is 9.53 Å². The minimum atomic E-state index is -0.380. The molecule has 0 unspecified atom stereocenters. The number of esters is 1. The number of nitrogens with zero attached hydrogens (tertiary/aromatic N) is 1. The third-order valence-electron chi connectivity index (χ3n) is 4.60. The van der Waals surface area contributed by atoms with E-state index in [1.807, 2.05) is 18.4 Å². The molecule has 5 nitrogen and oxygen atoms in total. The SMILES string of the molecule is Cc1ccsc1C(=O)OCc1nc2sc3c(c2c(=O)[nH]1)CC[C@H](C)C3. The number of aryl methyl sites for hydroxylation is 2. The van der Waals surface area contributed by atoms with Crippen molar-refractivity contribution in [2.24, 2.45) is 5.92 Å². The van der Waals surface area contributed by atoms with Gasteiger partial charge in [-0.3, -0.25) is 4.79 Å². The monoisotopic (exact) mass is 374 g/mol. The van der Waals surface area contributed by atoms with Gasteiger partial charge in [-0.05, 0) is 54.7 Å². The molecule has 3 heterocycles. The Labute approximate surface area is 152 Å². The van der Waals surface area contributed by atoms with Crippen LogP contribution in [-0.2, 0) is 24.2 Å². The van der Waals surface area contributed by atoms with E-state index in [9.17, 15) is 9.59 Å². The fourth-order valence-corrected chi connectivity index (χ4v) is 5.46. The van der Waals surface area contributed by atoms with E-state index in [0.717, 1.165) is 40.6 Å². The van der Waals surface area contributed by atoms with Crippen LogP contribution in [0.4, 0.5) is 0 Å². The summed E-state index contributed by atoms with van der Waals surface area (Å²) >= 11 is 2.95. The average Bonchev–Trinajstić information content (AvgIpc) is 3.15. The first-order chi connectivity index (χ1) is 12.0. The molecule has 1 N–H and O–H groups in total. The minimum Gasteiger partial charge on any atom is -0.453 e. The summed E-state index contributed by atoms with van der Waals surface area (Å²) in [6.45, 7) is 4.08. The molecule has 0 amide bonds. The molecule has 1 aliphatic carbocycles. The Bertz CT molecular complexity index is 1020. The first kappa shape index (κ1) is 16.5. The van der Waals surface area contributed by atoms with Crippen molar-refractivity contribution in [1.82, 2.24) is 9.97 Å². The van der Waals surface area contributed by atoms with Crippen LogP contribution in [0.3, 0.4) is 0 Å². The van der Waals surface area contributed by atoms with Gasteiger partial charge in [-0.2, -0.15) is 0 Å². The highest BCUT2D eigenvalue weighted by atomic mass is 32.1. The number of rotatable bonds is 3. The van der Waals surface area contributed by atoms with E-state index in [-0.39, 0.29) is 18.1 Å². The van der Waals surface area contributed by atoms with Crippen molar-refractivity contribution in [2.45, 2.75) is 39.7 Å². The van der Waals surface area contributed by atoms with Gasteiger partial charge in [0.25, 0.3) is 5.56 Å². The number of hydrogen-bond acceptors (Lipinski definition) is 6. The van der Waals surface area contributed by atoms with Crippen molar-refractivity contribution in [1.29, 1.82) is 0 Å². The molecule has 3 aromatic rings. The molecule has 0 saturated carbocycles. The van der Waals surface area contributed by atoms with Gasteiger partial charge in [0.15, 0.2) is 0 Å². The predicted octanol–water partition coefficient (Wildman–Crippen LogP) is 3.84. The number of fused-ring (bicyclic) bond motifs is 3. The lowest BCUT2D eigenvalue weighted by Crippen LogP contribution is -2.16. The largest absolute Gasteiger partial charge is 0.453 e. The Kier molecular flexibility index (Phi) is 4.21. The Morgan fingerprint density at radius 3 is 3.08 bits per heavy atom. The van der Waals surface area contributed by atoms with Crippen molar-refractivity contribution in [2.75, 3.05) is 0 Å². The number of thiophene rings is 2. The predicted molar refractivity (Wildman–Crippen MR) is 99.6 cm³/mol. The second-order valence-electron chi connectivity index (χ2n) is 6.55. The summed E-state index contributed by atoms with van der Waals surface area (Å²) in [7, 11) is 0. The second kappa shape index (κ2) is 6.38. The number of aromatic amines is 1. The molecule has 130 valence electrons. The second-order valence-corrected chi connectivity index (χ2v) is 8.55. The van der Waals surface area contributed by atoms with E-state index in [1.165, 1.54) is 16.2 Å². The molecule has 0 radical (unpaired) electrons. The topological polar surface area (TPSA) is 72.0 Å². The van der Waals surface area contributed by atoms with Crippen molar-refractivity contribution in [3.05, 3.63) is 48.5 Å². The normalized spacial score (nSPS) is 16.8. The summed E-state index contributed by atoms with van der Waals surface area (Å²) in [5.74, 6) is 0.662. The maximum atomic E-state index is 12.5. The maximum Gasteiger partial charge on any atom is 0.349 e. The molecule has 25 heavy (non-hydrogen) atoms. The molecule has 0 fully saturated rings. The highest BCUT2D eigenvalue weighted by Gasteiger charge is 2.23. The lowest BCUT2D eigenvalue weighted by Gasteiger charge is -2.17. The van der Waals surface area contributed by atoms with Gasteiger partial charge in [-0.1, -0.05) is 6.92 Å². The van der Waals surface area contributed by atoms with Gasteiger partial charge in [0, 0.05) is 4.88 Å². The fourth-order valence-electron chi connectivity index (χ4n) is 3.24. The zero-order valence-corrected chi connectivity index (χ0v) is 15.7. The van der Waals surface area contributed by atoms with Gasteiger partial charge >= 0.3 is 5.97 Å². The van der Waals surface area contributed by atoms with Crippen LogP contribution in [0, 0.1) is 12.8 Å². The van der Waals surface area contributed by atoms with Gasteiger partial charge < -0.3 is 9.72 Å². The summed E-state index contributed by atoms with van der Waals surface area (Å²) in [6, 6.07) is 1.88. The third kappa shape index (κ3) is 3.02. The molecular formula is C18H18N2O3S2. The number of hydrogen-bond donors (Lipinski definition) is 1. The van der Waals surface area contributed by atoms with Gasteiger partial charge in [0.05, 0.1) is 5.39 Å². The maximum absolute atomic E-state index is 12.5. The average molecular weight is 374 g/mol. The van der Waals surface area contributed by atoms with Gasteiger partial charge in [-0.15, -0.1) is 22.7 Å². The molecule has 1 aliphatic rings. The number of carbonyl (C=O) groups is 1. The molecule has 3 aromatic heterocycles. The molecule has 0 saturated heterocycles. The minimum absolute atomic E-state index is 0.0275. The molecule has 0 aromatic carbocycles. The lowest BCUT2D eigenvalue weighted by atomic mass is 9.89. The molecule has 0 spiro atoms. The van der Waals surface area contributed by atoms with Gasteiger partial charge in [0.2, 0.25) is 0 Å². The van der Waals surface area contributed by atoms with Crippen LogP contribution >= 0.6 is 22.7 Å². The number of H-pyrrole nitrogens is 1. The van der Waals surface area contributed by atoms with E-state index in [2.05, 4.69) is 16.9 Å². The summed E-state index contributed by atoms with van der Waals surface area (Å²) in [5.41, 5.74) is 1.92. The van der Waals surface area contributed by atoms with Crippen LogP contribution in [0.5, 0.6) is 0 Å². The fraction of sp³-hybridized carbons (Fsp3) is 0.389. The standard InChI is InChI=1S/C18H18N2O3S2/c1-9-3-4-11-12(7-9)25-17-14(11)16(21)19-13(20-17)8-23-18(22)15-10(2)5-6-24-15/h5-6,9H,3-4,7-8H2,1-2H3,(H,19,20,21)/t9-/m0/s1. The summed E-state index contributed by atoms with van der Waals surface area (Å²) in [4.78, 5) is 34.6. The lowest BCUT2D eigenvalue weighted by molar-refractivity contribution is 0.0467. The third-order valence-corrected chi connectivity index (χ3v) is 6.75. The molecule has 0 aliphatic heterocycles. The van der Waals surface area contributed by atoms with E-state index in [4.69, 9.17) is 4.74 Å². The molecule has 1 atom stereocenters. The van der Waals surface area contributed by atoms with Crippen molar-refractivity contribution in [3.8, 4) is 0 Å². The van der Waals surface area contributed by atoms with Crippen molar-refractivity contribution in [3.63, 3.8) is 0 Å². The number of carbonyl (C=O) groups excluding carboxylic acids is 1. The smallest absolute Gasteiger partial charge is 0.349 e. The number of nitrogens with one attached hydrogen (secondary N) is 1. The molecule has 4 rings (SSSR count). The number of ether oxygens (including phenoxy) is 1. The zero-order chi connectivity index (χ0) is 17.6. The Morgan fingerprint density at radius 2 is 2.32 bits per heavy atom. The first-order valence-electron chi connectivity index (χ1n) is 8.27. The van der Waals surface area contributed by atoms with E-state index in [0.29, 0.717) is 16.6 Å². The molecule has 7 heteroatoms. The highest BCUT2D eigenvalue weighted by molar-refractivity contribution is 7.18. The van der Waals surface area contributed by atoms with Crippen LogP contribution in [0.2, 0.25) is 0 Å². The summed E-state index contributed by atoms with van der Waals surface area (Å²) in [5, 5.41) is 2.58. The van der Waals surface area contributed by atoms with Crippen LogP contribution in [0.15, 0.2) is 16.2 Å². The first-order valence-corrected chi connectivity index (χ1v) is 9.97. The van der Waals surface area contributed by atoms with Crippen LogP contribution < -0.4 is 5.56 Å². The van der Waals surface area contributed by atoms with E-state index >= 15 is 0 Å². The van der Waals surface area contributed by atoms with Crippen LogP contribution in [0.25, 0.3) is 10.2 Å². The highest BCUT2D eigenvalue weighted by Crippen LogP contribution is 2.35. The summed E-state index contributed by atoms with van der Waals surface area (Å²) in [6.07, 6.45) is 3.06. The Balaban J connectivity index is 1.60. The van der Waals surface area contributed by atoms with Crippen LogP contribution in [-0.4, -0.2) is 15.9 Å². The van der Waals surface area contributed by atoms with Gasteiger partial charge in [0.1, 0.15) is 22.1 Å². The Hall–Kier alpha value is -1.99. The van der Waals surface area contributed by atoms with Gasteiger partial charge in [-0.25, -0.2) is 9.78 Å². The van der Waals surface area contributed by atoms with Crippen LogP contribution in [0.1, 0.15) is 44.8 Å². The van der Waals surface area contributed by atoms with E-state index < -0.39 is 0 Å². The zero-order valence-electron chi connectivity index (χ0n) is 14.0. The summed E-state index contributed by atoms with van der Waals surface area (Å²) < 4.78 is 5.32.